The lowest BCUT2D eigenvalue weighted by atomic mass is 9.96. The zero-order chi connectivity index (χ0) is 17.6. The van der Waals surface area contributed by atoms with Gasteiger partial charge >= 0.3 is 0 Å². The van der Waals surface area contributed by atoms with Crippen molar-refractivity contribution in [1.29, 1.82) is 0 Å². The SMILES string of the molecule is CC(=O)N1CCC(c2ncc3c(=O)[nH]c(C4CNCC4C)nn23)CC1. The van der Waals surface area contributed by atoms with E-state index in [0.29, 0.717) is 11.4 Å². The molecule has 4 heterocycles. The molecule has 2 fully saturated rings. The number of carbonyl (C=O) groups is 1. The standard InChI is InChI=1S/C17H24N6O2/c1-10-7-18-8-13(10)15-20-17(25)14-9-19-16(23(14)21-15)12-3-5-22(6-4-12)11(2)24/h9-10,12-13,18H,3-8H2,1-2H3,(H,20,21,25). The van der Waals surface area contributed by atoms with Gasteiger partial charge in [-0.2, -0.15) is 5.10 Å². The molecule has 1 amide bonds. The number of fused-ring (bicyclic) bond motifs is 1. The Morgan fingerprint density at radius 1 is 1.28 bits per heavy atom. The van der Waals surface area contributed by atoms with Gasteiger partial charge in [-0.25, -0.2) is 9.50 Å². The molecule has 0 saturated carbocycles. The number of nitrogens with zero attached hydrogens (tertiary/aromatic N) is 4. The highest BCUT2D eigenvalue weighted by Gasteiger charge is 2.29. The van der Waals surface area contributed by atoms with Crippen LogP contribution >= 0.6 is 0 Å². The second-order valence-corrected chi connectivity index (χ2v) is 7.28. The normalized spacial score (nSPS) is 25.0. The van der Waals surface area contributed by atoms with Crippen LogP contribution in [0.15, 0.2) is 11.0 Å². The maximum Gasteiger partial charge on any atom is 0.276 e. The fourth-order valence-electron chi connectivity index (χ4n) is 4.01. The first-order valence-corrected chi connectivity index (χ1v) is 8.98. The smallest absolute Gasteiger partial charge is 0.276 e. The summed E-state index contributed by atoms with van der Waals surface area (Å²) in [5.74, 6) is 2.56. The first-order valence-electron chi connectivity index (χ1n) is 8.98. The highest BCUT2D eigenvalue weighted by Crippen LogP contribution is 2.28. The van der Waals surface area contributed by atoms with E-state index in [4.69, 9.17) is 5.10 Å². The van der Waals surface area contributed by atoms with Crippen LogP contribution < -0.4 is 10.9 Å². The lowest BCUT2D eigenvalue weighted by molar-refractivity contribution is -0.129. The Morgan fingerprint density at radius 3 is 2.68 bits per heavy atom. The van der Waals surface area contributed by atoms with Crippen LogP contribution in [-0.4, -0.2) is 56.6 Å². The zero-order valence-electron chi connectivity index (χ0n) is 14.7. The summed E-state index contributed by atoms with van der Waals surface area (Å²) in [4.78, 5) is 33.3. The van der Waals surface area contributed by atoms with Gasteiger partial charge in [0.25, 0.3) is 5.56 Å². The molecule has 134 valence electrons. The summed E-state index contributed by atoms with van der Waals surface area (Å²) < 4.78 is 1.73. The summed E-state index contributed by atoms with van der Waals surface area (Å²) in [5.41, 5.74) is 0.357. The molecule has 2 N–H and O–H groups in total. The third-order valence-electron chi connectivity index (χ3n) is 5.62. The molecule has 0 bridgehead atoms. The van der Waals surface area contributed by atoms with Crippen molar-refractivity contribution in [3.05, 3.63) is 28.2 Å². The van der Waals surface area contributed by atoms with E-state index in [1.165, 1.54) is 0 Å². The first-order chi connectivity index (χ1) is 12.0. The Labute approximate surface area is 145 Å². The van der Waals surface area contributed by atoms with Gasteiger partial charge in [0.05, 0.1) is 6.20 Å². The van der Waals surface area contributed by atoms with Crippen molar-refractivity contribution in [3.8, 4) is 0 Å². The molecule has 0 radical (unpaired) electrons. The van der Waals surface area contributed by atoms with E-state index in [-0.39, 0.29) is 23.3 Å². The number of imidazole rings is 1. The Kier molecular flexibility index (Phi) is 4.07. The Balaban J connectivity index is 1.67. The van der Waals surface area contributed by atoms with Crippen LogP contribution in [0.1, 0.15) is 50.2 Å². The molecule has 4 rings (SSSR count). The van der Waals surface area contributed by atoms with E-state index in [1.807, 2.05) is 4.90 Å². The Bertz CT molecular complexity index is 848. The topological polar surface area (TPSA) is 95.4 Å². The molecule has 0 aliphatic carbocycles. The Morgan fingerprint density at radius 2 is 2.04 bits per heavy atom. The summed E-state index contributed by atoms with van der Waals surface area (Å²) in [7, 11) is 0. The molecule has 2 aromatic rings. The number of piperidine rings is 1. The number of nitrogens with one attached hydrogen (secondary N) is 2. The average molecular weight is 344 g/mol. The molecule has 0 spiro atoms. The molecule has 8 heteroatoms. The van der Waals surface area contributed by atoms with Crippen molar-refractivity contribution in [1.82, 2.24) is 29.8 Å². The van der Waals surface area contributed by atoms with E-state index >= 15 is 0 Å². The van der Waals surface area contributed by atoms with Crippen molar-refractivity contribution in [3.63, 3.8) is 0 Å². The summed E-state index contributed by atoms with van der Waals surface area (Å²) in [6.07, 6.45) is 3.31. The van der Waals surface area contributed by atoms with Gasteiger partial charge in [-0.3, -0.25) is 9.59 Å². The van der Waals surface area contributed by atoms with Crippen LogP contribution in [0.3, 0.4) is 0 Å². The van der Waals surface area contributed by atoms with Gasteiger partial charge in [-0.05, 0) is 25.3 Å². The van der Waals surface area contributed by atoms with E-state index in [9.17, 15) is 9.59 Å². The number of rotatable bonds is 2. The minimum absolute atomic E-state index is 0.117. The van der Waals surface area contributed by atoms with Gasteiger partial charge in [0.2, 0.25) is 5.91 Å². The summed E-state index contributed by atoms with van der Waals surface area (Å²) >= 11 is 0. The number of aromatic nitrogens is 4. The molecule has 2 unspecified atom stereocenters. The quantitative estimate of drug-likeness (QED) is 0.825. The second-order valence-electron chi connectivity index (χ2n) is 7.28. The van der Waals surface area contributed by atoms with Gasteiger partial charge < -0.3 is 15.2 Å². The second kappa shape index (κ2) is 6.25. The lowest BCUT2D eigenvalue weighted by Gasteiger charge is -2.30. The monoisotopic (exact) mass is 344 g/mol. The molecule has 2 saturated heterocycles. The Hall–Kier alpha value is -2.22. The molecule has 2 atom stereocenters. The number of H-pyrrole nitrogens is 1. The van der Waals surface area contributed by atoms with Gasteiger partial charge in [-0.15, -0.1) is 0 Å². The van der Waals surface area contributed by atoms with Gasteiger partial charge in [0, 0.05) is 38.4 Å². The van der Waals surface area contributed by atoms with Crippen LogP contribution in [0.4, 0.5) is 0 Å². The molecular weight excluding hydrogens is 320 g/mol. The fraction of sp³-hybridized carbons (Fsp3) is 0.647. The van der Waals surface area contributed by atoms with E-state index in [1.54, 1.807) is 17.6 Å². The highest BCUT2D eigenvalue weighted by atomic mass is 16.2. The molecule has 8 nitrogen and oxygen atoms in total. The van der Waals surface area contributed by atoms with E-state index < -0.39 is 0 Å². The number of hydrogen-bond donors (Lipinski definition) is 2. The molecule has 25 heavy (non-hydrogen) atoms. The molecular formula is C17H24N6O2. The predicted octanol–water partition coefficient (Wildman–Crippen LogP) is 0.466. The highest BCUT2D eigenvalue weighted by molar-refractivity contribution is 5.73. The van der Waals surface area contributed by atoms with Crippen LogP contribution in [0.25, 0.3) is 5.52 Å². The van der Waals surface area contributed by atoms with Crippen molar-refractivity contribution < 1.29 is 4.79 Å². The van der Waals surface area contributed by atoms with Crippen LogP contribution in [-0.2, 0) is 4.79 Å². The number of amides is 1. The number of aromatic amines is 1. The minimum Gasteiger partial charge on any atom is -0.343 e. The third kappa shape index (κ3) is 2.84. The van der Waals surface area contributed by atoms with Gasteiger partial charge in [-0.1, -0.05) is 6.92 Å². The first kappa shape index (κ1) is 16.3. The van der Waals surface area contributed by atoms with Crippen LogP contribution in [0, 0.1) is 5.92 Å². The zero-order valence-corrected chi connectivity index (χ0v) is 14.7. The number of likely N-dealkylation sites (tertiary alicyclic amines) is 1. The van der Waals surface area contributed by atoms with Crippen molar-refractivity contribution in [2.45, 2.75) is 38.5 Å². The van der Waals surface area contributed by atoms with E-state index in [0.717, 1.165) is 50.7 Å². The van der Waals surface area contributed by atoms with Crippen molar-refractivity contribution in [2.24, 2.45) is 5.92 Å². The number of hydrogen-bond acceptors (Lipinski definition) is 5. The van der Waals surface area contributed by atoms with Gasteiger partial charge in [0.15, 0.2) is 5.52 Å². The van der Waals surface area contributed by atoms with E-state index in [2.05, 4.69) is 22.2 Å². The average Bonchev–Trinajstić information content (AvgIpc) is 3.21. The van der Waals surface area contributed by atoms with Gasteiger partial charge in [0.1, 0.15) is 11.6 Å². The summed E-state index contributed by atoms with van der Waals surface area (Å²) in [6.45, 7) is 7.00. The third-order valence-corrected chi connectivity index (χ3v) is 5.62. The fourth-order valence-corrected chi connectivity index (χ4v) is 4.01. The lowest BCUT2D eigenvalue weighted by Crippen LogP contribution is -2.36. The van der Waals surface area contributed by atoms with Crippen molar-refractivity contribution >= 4 is 11.4 Å². The van der Waals surface area contributed by atoms with Crippen LogP contribution in [0.5, 0.6) is 0 Å². The molecule has 2 aliphatic heterocycles. The molecule has 2 aliphatic rings. The number of carbonyl (C=O) groups excluding carboxylic acids is 1. The maximum atomic E-state index is 12.5. The summed E-state index contributed by atoms with van der Waals surface area (Å²) in [5, 5.41) is 8.09. The summed E-state index contributed by atoms with van der Waals surface area (Å²) in [6, 6.07) is 0. The minimum atomic E-state index is -0.135. The predicted molar refractivity (Wildman–Crippen MR) is 92.6 cm³/mol. The van der Waals surface area contributed by atoms with Crippen LogP contribution in [0.2, 0.25) is 0 Å². The molecule has 2 aromatic heterocycles. The van der Waals surface area contributed by atoms with Crippen molar-refractivity contribution in [2.75, 3.05) is 26.2 Å². The maximum absolute atomic E-state index is 12.5. The molecule has 0 aromatic carbocycles. The largest absolute Gasteiger partial charge is 0.343 e.